The number of sulfonamides is 1. The molecule has 3 aliphatic rings. The second-order valence-corrected chi connectivity index (χ2v) is 21.1. The van der Waals surface area contributed by atoms with Crippen molar-refractivity contribution in [1.82, 2.24) is 30.5 Å². The molecule has 306 valence electrons. The molecule has 0 aromatic heterocycles. The van der Waals surface area contributed by atoms with Crippen LogP contribution in [0.1, 0.15) is 92.7 Å². The Morgan fingerprint density at radius 1 is 1.00 bits per heavy atom. The number of nitrogens with zero attached hydrogens (tertiary/aromatic N) is 2. The maximum Gasteiger partial charge on any atom is 0.315 e. The molecule has 0 radical (unpaired) electrons. The number of hydrogen-bond acceptors (Lipinski definition) is 7. The van der Waals surface area contributed by atoms with Crippen LogP contribution in [0.2, 0.25) is 0 Å². The summed E-state index contributed by atoms with van der Waals surface area (Å²) in [5, 5.41) is 11.3. The van der Waals surface area contributed by atoms with Crippen molar-refractivity contribution in [3.05, 3.63) is 48.0 Å². The van der Waals surface area contributed by atoms with E-state index in [1.54, 1.807) is 25.7 Å². The standard InChI is InChI=1S/C41H64N6O7S/c1-12-14-19-29(34(48)36(50)42-20-13-2)43-35(49)33-31-28(41(31,9)10)23-47(33)37(51)32(27-21-25-17-15-16-18-26(25)22-27)45-38(52)44-30(39(3,4)5)24-46(11)55(53,54)40(6,7)8/h13,15-18,27-33H,2,12,14,19-24H2,1,3-11H3,(H,42,50)(H,43,49)(H2,44,45,52)/t28-,29?,30+,31-,32-,33-/m0/s1. The first-order valence-corrected chi connectivity index (χ1v) is 21.0. The minimum absolute atomic E-state index is 0.0142. The first-order chi connectivity index (χ1) is 25.5. The molecule has 0 bridgehead atoms. The second-order valence-electron chi connectivity index (χ2n) is 18.3. The molecule has 5 amide bonds. The number of piperidine rings is 1. The van der Waals surface area contributed by atoms with Gasteiger partial charge in [-0.2, -0.15) is 0 Å². The summed E-state index contributed by atoms with van der Waals surface area (Å²) in [6.45, 7) is 20.7. The maximum atomic E-state index is 14.9. The molecule has 1 aromatic rings. The molecule has 13 nitrogen and oxygen atoms in total. The third-order valence-corrected chi connectivity index (χ3v) is 14.5. The SMILES string of the molecule is C=CCNC(=O)C(=O)C(CCCC)NC(=O)[C@@H]1[C@@H]2[C@H](CN1C(=O)[C@@H](NC(=O)N[C@H](CN(C)S(=O)(=O)C(C)(C)C)C(C)(C)C)C1Cc3ccccc3C1)C2(C)C. The minimum atomic E-state index is -3.70. The van der Waals surface area contributed by atoms with Gasteiger partial charge in [-0.25, -0.2) is 17.5 Å². The van der Waals surface area contributed by atoms with Crippen molar-refractivity contribution in [2.75, 3.05) is 26.7 Å². The van der Waals surface area contributed by atoms with Crippen LogP contribution < -0.4 is 21.3 Å². The third kappa shape index (κ3) is 9.61. The topological polar surface area (TPSA) is 174 Å². The summed E-state index contributed by atoms with van der Waals surface area (Å²) in [4.78, 5) is 70.7. The average Bonchev–Trinajstić information content (AvgIpc) is 3.46. The molecule has 2 aliphatic carbocycles. The summed E-state index contributed by atoms with van der Waals surface area (Å²) in [5.41, 5.74) is 1.38. The van der Waals surface area contributed by atoms with Crippen LogP contribution in [-0.4, -0.2) is 103 Å². The van der Waals surface area contributed by atoms with E-state index < -0.39 is 73.9 Å². The lowest BCUT2D eigenvalue weighted by Gasteiger charge is -2.38. The van der Waals surface area contributed by atoms with Gasteiger partial charge in [-0.3, -0.25) is 19.2 Å². The van der Waals surface area contributed by atoms with Crippen molar-refractivity contribution in [3.63, 3.8) is 0 Å². The van der Waals surface area contributed by atoms with Crippen LogP contribution in [0, 0.1) is 28.6 Å². The summed E-state index contributed by atoms with van der Waals surface area (Å²) in [5.74, 6) is -2.89. The first-order valence-electron chi connectivity index (χ1n) is 19.6. The van der Waals surface area contributed by atoms with Gasteiger partial charge < -0.3 is 26.2 Å². The van der Waals surface area contributed by atoms with Crippen molar-refractivity contribution in [1.29, 1.82) is 0 Å². The third-order valence-electron chi connectivity index (χ3n) is 12.0. The van der Waals surface area contributed by atoms with Crippen LogP contribution in [0.15, 0.2) is 36.9 Å². The molecular weight excluding hydrogens is 721 g/mol. The molecule has 1 saturated carbocycles. The number of urea groups is 1. The second kappa shape index (κ2) is 16.8. The molecular formula is C41H64N6O7S. The zero-order valence-electron chi connectivity index (χ0n) is 34.5. The van der Waals surface area contributed by atoms with Gasteiger partial charge in [0, 0.05) is 32.7 Å². The Balaban J connectivity index is 1.63. The van der Waals surface area contributed by atoms with E-state index in [1.165, 1.54) is 17.4 Å². The van der Waals surface area contributed by atoms with Gasteiger partial charge in [-0.1, -0.05) is 84.7 Å². The number of ketones is 1. The van der Waals surface area contributed by atoms with Crippen molar-refractivity contribution < 1.29 is 32.4 Å². The summed E-state index contributed by atoms with van der Waals surface area (Å²) in [7, 11) is -2.20. The number of amides is 5. The number of rotatable bonds is 16. The lowest BCUT2D eigenvalue weighted by Crippen LogP contribution is -2.62. The Hall–Kier alpha value is -3.78. The predicted molar refractivity (Wildman–Crippen MR) is 213 cm³/mol. The number of unbranched alkanes of at least 4 members (excludes halogenated alkanes) is 1. The Morgan fingerprint density at radius 2 is 1.60 bits per heavy atom. The Labute approximate surface area is 328 Å². The molecule has 4 N–H and O–H groups in total. The van der Waals surface area contributed by atoms with Gasteiger partial charge in [0.15, 0.2) is 0 Å². The molecule has 0 spiro atoms. The number of likely N-dealkylation sites (N-methyl/N-ethyl adjacent to an activating group) is 1. The highest BCUT2D eigenvalue weighted by molar-refractivity contribution is 7.90. The summed E-state index contributed by atoms with van der Waals surface area (Å²) in [6.07, 6.45) is 4.17. The van der Waals surface area contributed by atoms with E-state index in [0.717, 1.165) is 17.5 Å². The fraction of sp³-hybridized carbons (Fsp3) is 0.683. The van der Waals surface area contributed by atoms with Gasteiger partial charge in [0.2, 0.25) is 27.6 Å². The Kier molecular flexibility index (Phi) is 13.4. The van der Waals surface area contributed by atoms with Crippen molar-refractivity contribution >= 4 is 39.6 Å². The molecule has 1 saturated heterocycles. The van der Waals surface area contributed by atoms with E-state index in [-0.39, 0.29) is 42.7 Å². The van der Waals surface area contributed by atoms with Crippen molar-refractivity contribution in [2.45, 2.75) is 123 Å². The fourth-order valence-electron chi connectivity index (χ4n) is 8.25. The highest BCUT2D eigenvalue weighted by atomic mass is 32.2. The van der Waals surface area contributed by atoms with E-state index in [0.29, 0.717) is 25.8 Å². The zero-order valence-corrected chi connectivity index (χ0v) is 35.3. The van der Waals surface area contributed by atoms with Gasteiger partial charge in [0.1, 0.15) is 12.1 Å². The van der Waals surface area contributed by atoms with Gasteiger partial charge in [-0.05, 0) is 79.7 Å². The van der Waals surface area contributed by atoms with Gasteiger partial charge in [-0.15, -0.1) is 6.58 Å². The summed E-state index contributed by atoms with van der Waals surface area (Å²) < 4.78 is 26.7. The van der Waals surface area contributed by atoms with E-state index in [9.17, 15) is 32.4 Å². The first kappa shape index (κ1) is 43.9. The molecule has 14 heteroatoms. The highest BCUT2D eigenvalue weighted by Crippen LogP contribution is 2.65. The van der Waals surface area contributed by atoms with E-state index >= 15 is 0 Å². The number of benzene rings is 1. The van der Waals surface area contributed by atoms with Crippen LogP contribution >= 0.6 is 0 Å². The monoisotopic (exact) mass is 784 g/mol. The van der Waals surface area contributed by atoms with Crippen LogP contribution in [0.4, 0.5) is 4.79 Å². The number of carbonyl (C=O) groups is 5. The molecule has 1 aliphatic heterocycles. The number of carbonyl (C=O) groups excluding carboxylic acids is 5. The van der Waals surface area contributed by atoms with Crippen molar-refractivity contribution in [3.8, 4) is 0 Å². The van der Waals surface area contributed by atoms with E-state index in [1.807, 2.05) is 52.0 Å². The molecule has 6 atom stereocenters. The highest BCUT2D eigenvalue weighted by Gasteiger charge is 2.70. The van der Waals surface area contributed by atoms with E-state index in [2.05, 4.69) is 41.7 Å². The lowest BCUT2D eigenvalue weighted by molar-refractivity contribution is -0.144. The minimum Gasteiger partial charge on any atom is -0.346 e. The fourth-order valence-corrected chi connectivity index (χ4v) is 9.53. The maximum absolute atomic E-state index is 14.9. The number of fused-ring (bicyclic) bond motifs is 2. The zero-order chi connectivity index (χ0) is 41.3. The van der Waals surface area contributed by atoms with Crippen molar-refractivity contribution in [2.24, 2.45) is 28.6 Å². The summed E-state index contributed by atoms with van der Waals surface area (Å²) in [6, 6.07) is 3.70. The predicted octanol–water partition coefficient (Wildman–Crippen LogP) is 3.57. The number of hydrogen-bond donors (Lipinski definition) is 4. The van der Waals surface area contributed by atoms with Gasteiger partial charge in [0.05, 0.1) is 10.8 Å². The molecule has 4 rings (SSSR count). The van der Waals surface area contributed by atoms with Crippen LogP contribution in [0.3, 0.4) is 0 Å². The molecule has 1 heterocycles. The quantitative estimate of drug-likeness (QED) is 0.147. The number of Topliss-reactive ketones (excluding diaryl/α,β-unsaturated/α-hetero) is 1. The largest absolute Gasteiger partial charge is 0.346 e. The van der Waals surface area contributed by atoms with Crippen LogP contribution in [0.25, 0.3) is 0 Å². The van der Waals surface area contributed by atoms with Crippen LogP contribution in [-0.2, 0) is 42.0 Å². The Morgan fingerprint density at radius 3 is 2.13 bits per heavy atom. The average molecular weight is 785 g/mol. The van der Waals surface area contributed by atoms with Gasteiger partial charge in [0.25, 0.3) is 5.91 Å². The van der Waals surface area contributed by atoms with E-state index in [4.69, 9.17) is 0 Å². The normalized spacial score (nSPS) is 22.2. The van der Waals surface area contributed by atoms with Crippen LogP contribution in [0.5, 0.6) is 0 Å². The lowest BCUT2D eigenvalue weighted by atomic mass is 9.86. The number of likely N-dealkylation sites (tertiary alicyclic amines) is 1. The smallest absolute Gasteiger partial charge is 0.315 e. The Bertz CT molecular complexity index is 1720. The molecule has 1 unspecified atom stereocenters. The summed E-state index contributed by atoms with van der Waals surface area (Å²) >= 11 is 0. The number of nitrogens with one attached hydrogen (secondary N) is 4. The molecule has 55 heavy (non-hydrogen) atoms. The molecule has 1 aromatic carbocycles. The van der Waals surface area contributed by atoms with Gasteiger partial charge >= 0.3 is 6.03 Å². The molecule has 2 fully saturated rings.